The first-order valence-electron chi connectivity index (χ1n) is 11.3. The van der Waals surface area contributed by atoms with E-state index in [1.807, 2.05) is 36.4 Å². The predicted molar refractivity (Wildman–Crippen MR) is 123 cm³/mol. The quantitative estimate of drug-likeness (QED) is 0.633. The third-order valence-corrected chi connectivity index (χ3v) is 6.35. The maximum atomic E-state index is 11.1. The normalized spacial score (nSPS) is 16.7. The molecule has 0 spiro atoms. The number of ether oxygens (including phenoxy) is 2. The standard InChI is InChI=1S/C26H31NO5/c1-3-4-18-5-6-20(24(28)11-18)16-32-22-7-8-23-17(2)19(9-10-31-25(23)12-22)13-27-14-21(15-27)26(29)30/h5-8,11-12,21,28H,3-4,9-10,13-16H2,1-2H3,(H,29,30). The average Bonchev–Trinajstić information content (AvgIpc) is 2.88. The number of carboxylic acid groups (broad SMARTS) is 1. The monoisotopic (exact) mass is 437 g/mol. The van der Waals surface area contributed by atoms with E-state index in [1.54, 1.807) is 0 Å². The van der Waals surface area contributed by atoms with Crippen LogP contribution in [0.4, 0.5) is 0 Å². The van der Waals surface area contributed by atoms with Gasteiger partial charge in [0.2, 0.25) is 0 Å². The van der Waals surface area contributed by atoms with Gasteiger partial charge in [0.15, 0.2) is 0 Å². The molecule has 0 aliphatic carbocycles. The SMILES string of the molecule is CCCc1ccc(COc2ccc3c(c2)OCCC(CN2CC(C(=O)O)C2)=C3C)c(O)c1. The van der Waals surface area contributed by atoms with Gasteiger partial charge in [-0.25, -0.2) is 0 Å². The lowest BCUT2D eigenvalue weighted by molar-refractivity contribution is -0.147. The van der Waals surface area contributed by atoms with E-state index in [4.69, 9.17) is 14.6 Å². The number of allylic oxidation sites excluding steroid dienone is 1. The average molecular weight is 438 g/mol. The Morgan fingerprint density at radius 2 is 2.03 bits per heavy atom. The first-order valence-corrected chi connectivity index (χ1v) is 11.3. The molecule has 0 aromatic heterocycles. The maximum Gasteiger partial charge on any atom is 0.309 e. The van der Waals surface area contributed by atoms with E-state index in [9.17, 15) is 9.90 Å². The zero-order valence-electron chi connectivity index (χ0n) is 18.8. The first-order chi connectivity index (χ1) is 15.4. The predicted octanol–water partition coefficient (Wildman–Crippen LogP) is 4.50. The molecule has 4 rings (SSSR count). The summed E-state index contributed by atoms with van der Waals surface area (Å²) in [6, 6.07) is 11.6. The summed E-state index contributed by atoms with van der Waals surface area (Å²) in [6.07, 6.45) is 2.81. The number of hydrogen-bond donors (Lipinski definition) is 2. The highest BCUT2D eigenvalue weighted by molar-refractivity contribution is 5.74. The molecule has 0 unspecified atom stereocenters. The highest BCUT2D eigenvalue weighted by atomic mass is 16.5. The number of hydrogen-bond acceptors (Lipinski definition) is 5. The van der Waals surface area contributed by atoms with Crippen molar-refractivity contribution in [3.63, 3.8) is 0 Å². The summed E-state index contributed by atoms with van der Waals surface area (Å²) in [5.41, 5.74) is 5.41. The number of aliphatic carboxylic acids is 1. The van der Waals surface area contributed by atoms with Crippen molar-refractivity contribution >= 4 is 11.5 Å². The minimum Gasteiger partial charge on any atom is -0.508 e. The van der Waals surface area contributed by atoms with Gasteiger partial charge in [0.1, 0.15) is 23.9 Å². The molecule has 6 heteroatoms. The van der Waals surface area contributed by atoms with Gasteiger partial charge in [-0.05, 0) is 48.3 Å². The summed E-state index contributed by atoms with van der Waals surface area (Å²) in [5, 5.41) is 19.4. The van der Waals surface area contributed by atoms with Crippen molar-refractivity contribution in [3.05, 3.63) is 58.7 Å². The molecule has 2 aliphatic heterocycles. The highest BCUT2D eigenvalue weighted by Crippen LogP contribution is 2.36. The molecule has 2 aromatic rings. The summed E-state index contributed by atoms with van der Waals surface area (Å²) >= 11 is 0. The Hall–Kier alpha value is -2.99. The lowest BCUT2D eigenvalue weighted by Gasteiger charge is -2.37. The zero-order chi connectivity index (χ0) is 22.7. The Balaban J connectivity index is 1.43. The third-order valence-electron chi connectivity index (χ3n) is 6.35. The minimum absolute atomic E-state index is 0.243. The number of likely N-dealkylation sites (tertiary alicyclic amines) is 1. The second-order valence-corrected chi connectivity index (χ2v) is 8.72. The van der Waals surface area contributed by atoms with Crippen molar-refractivity contribution in [1.29, 1.82) is 0 Å². The maximum absolute atomic E-state index is 11.1. The fourth-order valence-corrected chi connectivity index (χ4v) is 4.34. The smallest absolute Gasteiger partial charge is 0.309 e. The molecule has 32 heavy (non-hydrogen) atoms. The van der Waals surface area contributed by atoms with Crippen LogP contribution in [-0.2, 0) is 17.8 Å². The van der Waals surface area contributed by atoms with Crippen molar-refractivity contribution in [1.82, 2.24) is 4.90 Å². The van der Waals surface area contributed by atoms with E-state index in [-0.39, 0.29) is 18.3 Å². The second-order valence-electron chi connectivity index (χ2n) is 8.72. The van der Waals surface area contributed by atoms with Crippen LogP contribution < -0.4 is 9.47 Å². The van der Waals surface area contributed by atoms with E-state index >= 15 is 0 Å². The summed E-state index contributed by atoms with van der Waals surface area (Å²) in [7, 11) is 0. The van der Waals surface area contributed by atoms with Crippen LogP contribution in [0.5, 0.6) is 17.2 Å². The Morgan fingerprint density at radius 3 is 2.75 bits per heavy atom. The van der Waals surface area contributed by atoms with Crippen LogP contribution in [0.1, 0.15) is 43.4 Å². The van der Waals surface area contributed by atoms with E-state index < -0.39 is 5.97 Å². The van der Waals surface area contributed by atoms with Gasteiger partial charge in [0.25, 0.3) is 0 Å². The molecule has 2 aliphatic rings. The van der Waals surface area contributed by atoms with Gasteiger partial charge in [-0.1, -0.05) is 25.5 Å². The van der Waals surface area contributed by atoms with Gasteiger partial charge < -0.3 is 19.7 Å². The van der Waals surface area contributed by atoms with E-state index in [1.165, 1.54) is 11.1 Å². The first kappa shape index (κ1) is 22.2. The molecule has 170 valence electrons. The zero-order valence-corrected chi connectivity index (χ0v) is 18.8. The molecule has 2 aromatic carbocycles. The van der Waals surface area contributed by atoms with Gasteiger partial charge in [-0.15, -0.1) is 0 Å². The van der Waals surface area contributed by atoms with Crippen molar-refractivity contribution in [2.24, 2.45) is 5.92 Å². The molecule has 0 amide bonds. The molecular formula is C26H31NO5. The number of aryl methyl sites for hydroxylation is 1. The Labute approximate surface area is 189 Å². The van der Waals surface area contributed by atoms with Crippen LogP contribution in [-0.4, -0.2) is 47.3 Å². The van der Waals surface area contributed by atoms with E-state index in [2.05, 4.69) is 18.7 Å². The number of phenolic OH excluding ortho intramolecular Hbond substituents is 1. The van der Waals surface area contributed by atoms with Crippen LogP contribution in [0.2, 0.25) is 0 Å². The largest absolute Gasteiger partial charge is 0.508 e. The number of nitrogens with zero attached hydrogens (tertiary/aromatic N) is 1. The van der Waals surface area contributed by atoms with Crippen molar-refractivity contribution in [2.45, 2.75) is 39.7 Å². The van der Waals surface area contributed by atoms with Crippen LogP contribution in [0.3, 0.4) is 0 Å². The van der Waals surface area contributed by atoms with Gasteiger partial charge >= 0.3 is 5.97 Å². The molecule has 6 nitrogen and oxygen atoms in total. The van der Waals surface area contributed by atoms with Gasteiger partial charge in [-0.3, -0.25) is 9.69 Å². The number of phenols is 1. The molecule has 0 radical (unpaired) electrons. The molecule has 0 atom stereocenters. The lowest BCUT2D eigenvalue weighted by Crippen LogP contribution is -2.50. The van der Waals surface area contributed by atoms with Crippen molar-refractivity contribution in [2.75, 3.05) is 26.2 Å². The second kappa shape index (κ2) is 9.65. The van der Waals surface area contributed by atoms with Crippen LogP contribution in [0, 0.1) is 5.92 Å². The molecule has 0 bridgehead atoms. The summed E-state index contributed by atoms with van der Waals surface area (Å²) < 4.78 is 12.0. The topological polar surface area (TPSA) is 79.2 Å². The van der Waals surface area contributed by atoms with Crippen LogP contribution in [0.15, 0.2) is 42.0 Å². The van der Waals surface area contributed by atoms with Gasteiger partial charge in [0.05, 0.1) is 12.5 Å². The fraction of sp³-hybridized carbons (Fsp3) is 0.423. The van der Waals surface area contributed by atoms with Crippen molar-refractivity contribution in [3.8, 4) is 17.2 Å². The molecule has 2 N–H and O–H groups in total. The Morgan fingerprint density at radius 1 is 1.22 bits per heavy atom. The number of benzene rings is 2. The Bertz CT molecular complexity index is 1020. The van der Waals surface area contributed by atoms with E-state index in [0.717, 1.165) is 48.2 Å². The van der Waals surface area contributed by atoms with Crippen LogP contribution >= 0.6 is 0 Å². The third kappa shape index (κ3) is 4.91. The van der Waals surface area contributed by atoms with E-state index in [0.29, 0.717) is 25.4 Å². The number of carboxylic acids is 1. The lowest BCUT2D eigenvalue weighted by atomic mass is 9.95. The summed E-state index contributed by atoms with van der Waals surface area (Å²) in [6.45, 7) is 7.10. The molecule has 1 saturated heterocycles. The van der Waals surface area contributed by atoms with Crippen LogP contribution in [0.25, 0.3) is 5.57 Å². The fourth-order valence-electron chi connectivity index (χ4n) is 4.34. The van der Waals surface area contributed by atoms with Crippen molar-refractivity contribution < 1.29 is 24.5 Å². The van der Waals surface area contributed by atoms with Gasteiger partial charge in [0, 0.05) is 43.2 Å². The minimum atomic E-state index is -0.709. The molecule has 1 fully saturated rings. The highest BCUT2D eigenvalue weighted by Gasteiger charge is 2.33. The summed E-state index contributed by atoms with van der Waals surface area (Å²) in [5.74, 6) is 0.807. The number of rotatable bonds is 8. The Kier molecular flexibility index (Phi) is 6.70. The number of aromatic hydroxyl groups is 1. The molecular weight excluding hydrogens is 406 g/mol. The molecule has 0 saturated carbocycles. The molecule has 2 heterocycles. The summed E-state index contributed by atoms with van der Waals surface area (Å²) in [4.78, 5) is 13.2. The number of fused-ring (bicyclic) bond motifs is 1. The number of carbonyl (C=O) groups is 1. The van der Waals surface area contributed by atoms with Gasteiger partial charge in [-0.2, -0.15) is 0 Å².